The summed E-state index contributed by atoms with van der Waals surface area (Å²) >= 11 is 0. The zero-order chi connectivity index (χ0) is 15.7. The van der Waals surface area contributed by atoms with Crippen LogP contribution in [0.15, 0.2) is 0 Å². The van der Waals surface area contributed by atoms with Crippen molar-refractivity contribution in [3.05, 3.63) is 0 Å². The average molecular weight is 379 g/mol. The number of hydrogen-bond acceptors (Lipinski definition) is 8. The van der Waals surface area contributed by atoms with Gasteiger partial charge in [-0.05, 0) is 0 Å². The molecule has 1 saturated heterocycles. The monoisotopic (exact) mass is 379 g/mol. The first-order chi connectivity index (χ1) is 8.91. The zero-order valence-electron chi connectivity index (χ0n) is 10.7. The molecule has 0 amide bonds. The predicted molar refractivity (Wildman–Crippen MR) is 63.6 cm³/mol. The molecule has 21 heavy (non-hydrogen) atoms. The second-order valence-electron chi connectivity index (χ2n) is 3.90. The topological polar surface area (TPSA) is 203 Å². The molecule has 5 unspecified atom stereocenters. The second kappa shape index (κ2) is 8.69. The van der Waals surface area contributed by atoms with E-state index in [0.29, 0.717) is 0 Å². The maximum Gasteiger partial charge on any atom is 0.472 e. The molecule has 5 atom stereocenters. The fourth-order valence-corrected chi connectivity index (χ4v) is 2.23. The Hall–Kier alpha value is 1.70. The molecule has 1 aliphatic rings. The minimum atomic E-state index is -5.07. The van der Waals surface area contributed by atoms with Gasteiger partial charge in [0.15, 0.2) is 6.29 Å². The third-order valence-electron chi connectivity index (χ3n) is 2.32. The van der Waals surface area contributed by atoms with Crippen LogP contribution in [-0.2, 0) is 22.9 Å². The van der Waals surface area contributed by atoms with Crippen molar-refractivity contribution in [1.82, 2.24) is 0 Å². The molecule has 0 aromatic rings. The van der Waals surface area contributed by atoms with Crippen molar-refractivity contribution in [1.29, 1.82) is 0 Å². The summed E-state index contributed by atoms with van der Waals surface area (Å²) in [6.45, 7) is -0.907. The van der Waals surface area contributed by atoms with Crippen LogP contribution < -0.4 is 0 Å². The fourth-order valence-electron chi connectivity index (χ4n) is 1.45. The molecule has 0 spiro atoms. The van der Waals surface area contributed by atoms with Crippen LogP contribution in [0.3, 0.4) is 0 Å². The van der Waals surface area contributed by atoms with Crippen molar-refractivity contribution < 1.29 is 57.8 Å². The van der Waals surface area contributed by atoms with Crippen molar-refractivity contribution in [2.24, 2.45) is 0 Å². The van der Waals surface area contributed by atoms with Crippen molar-refractivity contribution in [3.63, 3.8) is 0 Å². The van der Waals surface area contributed by atoms with E-state index in [4.69, 9.17) is 24.3 Å². The quantitative estimate of drug-likeness (QED) is 0.185. The predicted octanol–water partition coefficient (Wildman–Crippen LogP) is -3.37. The first kappa shape index (κ1) is 22.7. The molecule has 12 nitrogen and oxygen atoms in total. The molecule has 0 aromatic heterocycles. The Bertz CT molecular complexity index is 418. The summed E-state index contributed by atoms with van der Waals surface area (Å²) in [6.07, 6.45) is -9.32. The van der Waals surface area contributed by atoms with Crippen LogP contribution in [0.2, 0.25) is 0 Å². The molecule has 0 bridgehead atoms. The molecule has 7 N–H and O–H groups in total. The number of aliphatic hydroxyl groups is 3. The van der Waals surface area contributed by atoms with Gasteiger partial charge in [0.1, 0.15) is 24.4 Å². The summed E-state index contributed by atoms with van der Waals surface area (Å²) in [5.74, 6) is 0. The van der Waals surface area contributed by atoms with Crippen LogP contribution in [0, 0.1) is 0 Å². The maximum absolute atomic E-state index is 10.6. The molecule has 0 aromatic carbocycles. The summed E-state index contributed by atoms with van der Waals surface area (Å²) < 4.78 is 33.9. The maximum atomic E-state index is 10.6. The van der Waals surface area contributed by atoms with Crippen LogP contribution in [0.1, 0.15) is 0 Å². The Kier molecular flexibility index (Phi) is 9.40. The molecule has 0 saturated carbocycles. The number of ether oxygens (including phenoxy) is 1. The minimum Gasteiger partial charge on any atom is -0.387 e. The Morgan fingerprint density at radius 3 is 1.86 bits per heavy atom. The van der Waals surface area contributed by atoms with Crippen molar-refractivity contribution in [3.8, 4) is 0 Å². The van der Waals surface area contributed by atoms with E-state index in [1.54, 1.807) is 0 Å². The zero-order valence-corrected chi connectivity index (χ0v) is 15.6. The smallest absolute Gasteiger partial charge is 0.387 e. The Labute approximate surface area is 160 Å². The van der Waals surface area contributed by atoms with Gasteiger partial charge in [0, 0.05) is 51.4 Å². The van der Waals surface area contributed by atoms with Crippen LogP contribution in [0.5, 0.6) is 0 Å². The molecule has 1 rings (SSSR count). The normalized spacial score (nSPS) is 34.3. The summed E-state index contributed by atoms with van der Waals surface area (Å²) in [5.41, 5.74) is 0. The molecule has 1 aliphatic heterocycles. The molecule has 121 valence electrons. The third-order valence-corrected chi connectivity index (χ3v) is 3.28. The molecular formula is C6H14KO12P2. The van der Waals surface area contributed by atoms with Gasteiger partial charge in [-0.15, -0.1) is 0 Å². The van der Waals surface area contributed by atoms with E-state index in [2.05, 4.69) is 9.05 Å². The second-order valence-corrected chi connectivity index (χ2v) is 6.33. The van der Waals surface area contributed by atoms with Crippen molar-refractivity contribution in [2.45, 2.75) is 30.7 Å². The van der Waals surface area contributed by atoms with Gasteiger partial charge in [0.25, 0.3) is 0 Å². The van der Waals surface area contributed by atoms with E-state index in [9.17, 15) is 24.4 Å². The largest absolute Gasteiger partial charge is 0.472 e. The summed E-state index contributed by atoms with van der Waals surface area (Å²) in [5, 5.41) is 28.4. The fraction of sp³-hybridized carbons (Fsp3) is 1.00. The van der Waals surface area contributed by atoms with Gasteiger partial charge in [-0.1, -0.05) is 0 Å². The number of hydrogen-bond donors (Lipinski definition) is 7. The van der Waals surface area contributed by atoms with Gasteiger partial charge >= 0.3 is 15.6 Å². The van der Waals surface area contributed by atoms with E-state index in [-0.39, 0.29) is 51.4 Å². The van der Waals surface area contributed by atoms with Gasteiger partial charge in [0.05, 0.1) is 6.61 Å². The van der Waals surface area contributed by atoms with Crippen molar-refractivity contribution >= 4 is 67.0 Å². The van der Waals surface area contributed by atoms with E-state index >= 15 is 0 Å². The van der Waals surface area contributed by atoms with E-state index in [1.807, 2.05) is 0 Å². The van der Waals surface area contributed by atoms with E-state index < -0.39 is 53.0 Å². The number of aliphatic hydroxyl groups excluding tert-OH is 3. The van der Waals surface area contributed by atoms with Gasteiger partial charge in [-0.25, -0.2) is 9.13 Å². The summed E-state index contributed by atoms with van der Waals surface area (Å²) in [4.78, 5) is 34.1. The number of phosphoric acid groups is 2. The van der Waals surface area contributed by atoms with Crippen LogP contribution in [-0.4, -0.2) is 124 Å². The van der Waals surface area contributed by atoms with Crippen LogP contribution >= 0.6 is 15.6 Å². The molecular weight excluding hydrogens is 365 g/mol. The van der Waals surface area contributed by atoms with Crippen LogP contribution in [0.4, 0.5) is 0 Å². The molecule has 15 heteroatoms. The SMILES string of the molecule is O=P(O)(O)OCC1OC(OP(=O)(O)O)C(O)C(O)C1O.[K]. The summed E-state index contributed by atoms with van der Waals surface area (Å²) in [7, 11) is -9.95. The molecule has 0 aliphatic carbocycles. The molecule has 1 heterocycles. The standard InChI is InChI=1S/C6H14O12P2.K/c7-3-2(1-16-19(10,11)12)17-6(5(9)4(3)8)18-20(13,14)15;/h2-9H,1H2,(H2,10,11,12)(H2,13,14,15);. The Balaban J connectivity index is 0.00000400. The average Bonchev–Trinajstić information content (AvgIpc) is 2.25. The number of phosphoric ester groups is 2. The van der Waals surface area contributed by atoms with E-state index in [1.165, 1.54) is 0 Å². The third kappa shape index (κ3) is 7.87. The van der Waals surface area contributed by atoms with Crippen molar-refractivity contribution in [2.75, 3.05) is 6.61 Å². The first-order valence-corrected chi connectivity index (χ1v) is 8.10. The van der Waals surface area contributed by atoms with Gasteiger partial charge in [0.2, 0.25) is 0 Å². The number of rotatable bonds is 5. The van der Waals surface area contributed by atoms with E-state index in [0.717, 1.165) is 0 Å². The van der Waals surface area contributed by atoms with Gasteiger partial charge in [-0.3, -0.25) is 9.05 Å². The Morgan fingerprint density at radius 1 is 0.905 bits per heavy atom. The van der Waals surface area contributed by atoms with Crippen LogP contribution in [0.25, 0.3) is 0 Å². The minimum absolute atomic E-state index is 0. The Morgan fingerprint density at radius 2 is 1.43 bits per heavy atom. The first-order valence-electron chi connectivity index (χ1n) is 5.04. The summed E-state index contributed by atoms with van der Waals surface area (Å²) in [6, 6.07) is 0. The molecule has 1 fully saturated rings. The molecule has 1 radical (unpaired) electrons. The van der Waals surface area contributed by atoms with Gasteiger partial charge < -0.3 is 39.6 Å². The van der Waals surface area contributed by atoms with Gasteiger partial charge in [-0.2, -0.15) is 0 Å².